The number of nitrogens with zero attached hydrogens (tertiary/aromatic N) is 3. The van der Waals surface area contributed by atoms with Crippen LogP contribution >= 0.6 is 18.7 Å². The Morgan fingerprint density at radius 2 is 1.85 bits per heavy atom. The van der Waals surface area contributed by atoms with E-state index < -0.39 is 72.1 Å². The number of thiazole rings is 1. The van der Waals surface area contributed by atoms with Crippen LogP contribution in [-0.2, 0) is 23.7 Å². The van der Waals surface area contributed by atoms with Gasteiger partial charge in [0.25, 0.3) is 0 Å². The molecule has 2 saturated carbocycles. The van der Waals surface area contributed by atoms with Gasteiger partial charge in [0.1, 0.15) is 52.9 Å². The van der Waals surface area contributed by atoms with Crippen molar-refractivity contribution in [3.05, 3.63) is 42.3 Å². The first-order valence-electron chi connectivity index (χ1n) is 20.0. The van der Waals surface area contributed by atoms with E-state index in [1.165, 1.54) is 29.4 Å². The second-order valence-electron chi connectivity index (χ2n) is 17.0. The van der Waals surface area contributed by atoms with Crippen molar-refractivity contribution in [1.82, 2.24) is 30.8 Å². The lowest BCUT2D eigenvalue weighted by Gasteiger charge is -2.35. The number of nitrogens with one attached hydrogen (secondary N) is 4. The van der Waals surface area contributed by atoms with Gasteiger partial charge in [-0.05, 0) is 63.5 Å². The van der Waals surface area contributed by atoms with Crippen molar-refractivity contribution < 1.29 is 42.8 Å². The molecule has 5 N–H and O–H groups in total. The molecule has 0 spiro atoms. The quantitative estimate of drug-likeness (QED) is 0.0928. The number of aromatic nitrogens is 2. The minimum Gasteiger partial charge on any atom is -0.497 e. The average Bonchev–Trinajstić information content (AvgIpc) is 3.57. The minimum absolute atomic E-state index is 0.00453. The number of fused-ring (bicyclic) bond motifs is 1. The van der Waals surface area contributed by atoms with Crippen molar-refractivity contribution in [2.45, 2.75) is 109 Å². The topological polar surface area (TPSA) is 210 Å². The Hall–Kier alpha value is -4.73. The van der Waals surface area contributed by atoms with Crippen LogP contribution in [-0.4, -0.2) is 106 Å². The summed E-state index contributed by atoms with van der Waals surface area (Å²) in [4.78, 5) is 77.1. The Balaban J connectivity index is 1.35. The van der Waals surface area contributed by atoms with Crippen LogP contribution in [0.3, 0.4) is 0 Å². The zero-order valence-electron chi connectivity index (χ0n) is 34.7. The Labute approximate surface area is 348 Å². The first kappa shape index (κ1) is 43.8. The standard InChI is InChI=1S/C41H56N7O9PS/c1-9-24-19-41(24,58(53,54)21-34(49)42-7)47-36(50)32-17-27(20-48(32)37(51)35(40(4,5)6)46-39(52)57-25-12-10-11-13-25)56-33-18-30(31-22-59-38(45-31)43-23(2)3)44-29-16-26(55-8)14-15-28(29)33/h9,14-16,18,22-25,27,32,35H,1,10-13,17,19-21H2,2-8H3,(H,42,49)(H,43,45)(H,46,52)(H,47,50)(H,53,54)/t24-,27-,32+,35?,41+/m1/s1. The maximum Gasteiger partial charge on any atom is 0.408 e. The number of carbonyl (C=O) groups excluding carboxylic acids is 4. The molecule has 1 aromatic carbocycles. The van der Waals surface area contributed by atoms with Crippen LogP contribution in [0.4, 0.5) is 9.93 Å². The Morgan fingerprint density at radius 1 is 1.12 bits per heavy atom. The molecule has 16 nitrogen and oxygen atoms in total. The van der Waals surface area contributed by atoms with Crippen LogP contribution < -0.4 is 30.7 Å². The molecule has 59 heavy (non-hydrogen) atoms. The second kappa shape index (κ2) is 17.5. The summed E-state index contributed by atoms with van der Waals surface area (Å²) in [6.45, 7) is 13.2. The summed E-state index contributed by atoms with van der Waals surface area (Å²) >= 11 is 1.44. The minimum atomic E-state index is -4.34. The third-order valence-electron chi connectivity index (χ3n) is 11.1. The van der Waals surface area contributed by atoms with Gasteiger partial charge in [0, 0.05) is 48.3 Å². The number of hydrogen-bond acceptors (Lipinski definition) is 12. The lowest BCUT2D eigenvalue weighted by atomic mass is 9.85. The molecule has 18 heteroatoms. The number of likely N-dealkylation sites (tertiary alicyclic amines) is 1. The predicted molar refractivity (Wildman–Crippen MR) is 226 cm³/mol. The number of rotatable bonds is 15. The lowest BCUT2D eigenvalue weighted by molar-refractivity contribution is -0.142. The summed E-state index contributed by atoms with van der Waals surface area (Å²) in [6, 6.07) is 5.03. The molecular weight excluding hydrogens is 798 g/mol. The van der Waals surface area contributed by atoms with Gasteiger partial charge < -0.3 is 45.3 Å². The van der Waals surface area contributed by atoms with Crippen molar-refractivity contribution in [2.75, 3.05) is 32.2 Å². The van der Waals surface area contributed by atoms with Gasteiger partial charge >= 0.3 is 6.09 Å². The largest absolute Gasteiger partial charge is 0.497 e. The number of alkyl carbamates (subject to hydrolysis) is 1. The fourth-order valence-electron chi connectivity index (χ4n) is 7.81. The highest BCUT2D eigenvalue weighted by Gasteiger charge is 2.66. The van der Waals surface area contributed by atoms with Crippen LogP contribution in [0.15, 0.2) is 42.3 Å². The van der Waals surface area contributed by atoms with Crippen molar-refractivity contribution >= 4 is 58.6 Å². The van der Waals surface area contributed by atoms with Gasteiger partial charge in [0.05, 0.1) is 24.9 Å². The smallest absolute Gasteiger partial charge is 0.408 e. The molecule has 2 aromatic heterocycles. The third kappa shape index (κ3) is 9.68. The van der Waals surface area contributed by atoms with Crippen LogP contribution in [0.1, 0.15) is 73.1 Å². The highest BCUT2D eigenvalue weighted by Crippen LogP contribution is 2.69. The first-order valence-corrected chi connectivity index (χ1v) is 22.7. The number of ether oxygens (including phenoxy) is 3. The highest BCUT2D eigenvalue weighted by atomic mass is 32.1. The SMILES string of the molecule is C=C[C@@H]1C[C@]1(NC(=O)[C@@H]1C[C@@H](Oc2cc(-c3csc(NC(C)C)n3)nc3cc(OC)ccc23)CN1C(=O)C(NC(=O)OC1CCCC1)C(C)(C)C)P(=O)(O)CC(=O)NC. The normalized spacial score (nSPS) is 23.3. The molecule has 1 saturated heterocycles. The number of benzene rings is 1. The van der Waals surface area contributed by atoms with E-state index in [9.17, 15) is 28.6 Å². The van der Waals surface area contributed by atoms with E-state index >= 15 is 0 Å². The first-order chi connectivity index (χ1) is 27.9. The molecule has 0 radical (unpaired) electrons. The number of anilines is 1. The molecule has 2 unspecified atom stereocenters. The summed E-state index contributed by atoms with van der Waals surface area (Å²) in [7, 11) is -1.42. The highest BCUT2D eigenvalue weighted by molar-refractivity contribution is 7.61. The zero-order chi connectivity index (χ0) is 42.9. The average molecular weight is 854 g/mol. The molecule has 4 amide bonds. The monoisotopic (exact) mass is 853 g/mol. The van der Waals surface area contributed by atoms with Crippen LogP contribution in [0.25, 0.3) is 22.3 Å². The molecule has 2 aliphatic carbocycles. The lowest BCUT2D eigenvalue weighted by Crippen LogP contribution is -2.58. The van der Waals surface area contributed by atoms with Crippen molar-refractivity contribution in [2.24, 2.45) is 11.3 Å². The third-order valence-corrected chi connectivity index (χ3v) is 14.5. The number of amides is 4. The summed E-state index contributed by atoms with van der Waals surface area (Å²) in [5.41, 5.74) is 0.904. The Kier molecular flexibility index (Phi) is 13.0. The number of carbonyl (C=O) groups is 4. The van der Waals surface area contributed by atoms with Crippen molar-refractivity contribution in [1.29, 1.82) is 0 Å². The van der Waals surface area contributed by atoms with Gasteiger partial charge in [-0.1, -0.05) is 26.8 Å². The number of methoxy groups -OCH3 is 1. The molecule has 0 bridgehead atoms. The zero-order valence-corrected chi connectivity index (χ0v) is 36.4. The van der Waals surface area contributed by atoms with E-state index in [-0.39, 0.29) is 31.5 Å². The molecule has 3 fully saturated rings. The van der Waals surface area contributed by atoms with E-state index in [1.54, 1.807) is 46.1 Å². The molecule has 3 aliphatic rings. The van der Waals surface area contributed by atoms with Gasteiger partial charge in [-0.2, -0.15) is 0 Å². The van der Waals surface area contributed by atoms with Crippen molar-refractivity contribution in [3.8, 4) is 22.9 Å². The Morgan fingerprint density at radius 3 is 2.47 bits per heavy atom. The van der Waals surface area contributed by atoms with Crippen LogP contribution in [0, 0.1) is 11.3 Å². The molecule has 3 heterocycles. The summed E-state index contributed by atoms with van der Waals surface area (Å²) in [5.74, 6) is -1.47. The second-order valence-corrected chi connectivity index (χ2v) is 20.3. The van der Waals surface area contributed by atoms with Crippen LogP contribution in [0.5, 0.6) is 11.5 Å². The number of hydrogen-bond donors (Lipinski definition) is 5. The molecule has 6 atom stereocenters. The van der Waals surface area contributed by atoms with E-state index in [1.807, 2.05) is 25.3 Å². The van der Waals surface area contributed by atoms with Crippen molar-refractivity contribution in [3.63, 3.8) is 0 Å². The van der Waals surface area contributed by atoms with Gasteiger partial charge in [0.15, 0.2) is 5.13 Å². The summed E-state index contributed by atoms with van der Waals surface area (Å²) in [6.07, 6.45) is 2.53. The molecule has 320 valence electrons. The Bertz CT molecular complexity index is 2130. The van der Waals surface area contributed by atoms with Gasteiger partial charge in [-0.25, -0.2) is 14.8 Å². The fourth-order valence-corrected chi connectivity index (χ4v) is 10.9. The molecule has 1 aliphatic heterocycles. The summed E-state index contributed by atoms with van der Waals surface area (Å²) < 4.78 is 31.7. The molecule has 3 aromatic rings. The van der Waals surface area contributed by atoms with E-state index in [0.29, 0.717) is 33.8 Å². The van der Waals surface area contributed by atoms with Gasteiger partial charge in [0.2, 0.25) is 25.1 Å². The van der Waals surface area contributed by atoms with E-state index in [2.05, 4.69) is 27.8 Å². The number of pyridine rings is 1. The van der Waals surface area contributed by atoms with Crippen LogP contribution in [0.2, 0.25) is 0 Å². The fraction of sp³-hybridized carbons (Fsp3) is 0.561. The van der Waals surface area contributed by atoms with Gasteiger partial charge in [-0.15, -0.1) is 17.9 Å². The van der Waals surface area contributed by atoms with E-state index in [0.717, 1.165) is 30.8 Å². The summed E-state index contributed by atoms with van der Waals surface area (Å²) in [5, 5.41) is 12.9. The maximum absolute atomic E-state index is 14.8. The van der Waals surface area contributed by atoms with E-state index in [4.69, 9.17) is 24.2 Å². The maximum atomic E-state index is 14.8. The molecule has 6 rings (SSSR count). The predicted octanol–water partition coefficient (Wildman–Crippen LogP) is 5.65. The van der Waals surface area contributed by atoms with Gasteiger partial charge in [-0.3, -0.25) is 18.9 Å². The molecular formula is C41H56N7O9PS.